The molecule has 2 heterocycles. The van der Waals surface area contributed by atoms with Crippen LogP contribution >= 0.6 is 0 Å². The number of nitrogens with zero attached hydrogens (tertiary/aromatic N) is 4. The molecular weight excluding hydrogens is 474 g/mol. The van der Waals surface area contributed by atoms with E-state index < -0.39 is 23.3 Å². The molecule has 2 aromatic heterocycles. The molecule has 0 spiro atoms. The summed E-state index contributed by atoms with van der Waals surface area (Å²) >= 11 is 0. The van der Waals surface area contributed by atoms with Crippen molar-refractivity contribution in [2.75, 3.05) is 49.7 Å². The van der Waals surface area contributed by atoms with Gasteiger partial charge in [-0.05, 0) is 51.4 Å². The van der Waals surface area contributed by atoms with Crippen LogP contribution in [0.1, 0.15) is 12.5 Å². The van der Waals surface area contributed by atoms with Gasteiger partial charge in [-0.15, -0.1) is 0 Å². The van der Waals surface area contributed by atoms with Crippen LogP contribution in [0.25, 0.3) is 22.2 Å². The minimum atomic E-state index is -4.73. The van der Waals surface area contributed by atoms with Crippen LogP contribution < -0.4 is 16.0 Å². The molecule has 0 saturated carbocycles. The monoisotopic (exact) mass is 501 g/mol. The van der Waals surface area contributed by atoms with E-state index in [2.05, 4.69) is 30.1 Å². The Kier molecular flexibility index (Phi) is 7.02. The Morgan fingerprint density at radius 3 is 2.56 bits per heavy atom. The van der Waals surface area contributed by atoms with Gasteiger partial charge in [0, 0.05) is 54.2 Å². The second-order valence-corrected chi connectivity index (χ2v) is 8.60. The quantitative estimate of drug-likeness (QED) is 0.219. The number of nitrogens with one attached hydrogen (secondary N) is 2. The third kappa shape index (κ3) is 5.20. The Labute approximate surface area is 206 Å². The molecule has 0 aliphatic heterocycles. The maximum absolute atomic E-state index is 14.5. The van der Waals surface area contributed by atoms with Crippen LogP contribution in [-0.2, 0) is 6.18 Å². The van der Waals surface area contributed by atoms with E-state index in [9.17, 15) is 17.6 Å². The highest BCUT2D eigenvalue weighted by Gasteiger charge is 2.36. The van der Waals surface area contributed by atoms with Crippen molar-refractivity contribution < 1.29 is 17.6 Å². The summed E-state index contributed by atoms with van der Waals surface area (Å²) in [6.45, 7) is 4.43. The van der Waals surface area contributed by atoms with E-state index in [0.29, 0.717) is 23.1 Å². The van der Waals surface area contributed by atoms with E-state index in [1.165, 1.54) is 18.3 Å². The molecule has 0 aliphatic rings. The van der Waals surface area contributed by atoms with Crippen LogP contribution in [0, 0.1) is 5.82 Å². The summed E-state index contributed by atoms with van der Waals surface area (Å²) in [6.07, 6.45) is -2.72. The van der Waals surface area contributed by atoms with Gasteiger partial charge in [0.05, 0.1) is 17.1 Å². The average Bonchev–Trinajstić information content (AvgIpc) is 3.25. The van der Waals surface area contributed by atoms with Gasteiger partial charge in [0.2, 0.25) is 5.95 Å². The minimum Gasteiger partial charge on any atom is -0.397 e. The lowest BCUT2D eigenvalue weighted by atomic mass is 10.1. The molecular formula is C25H27F4N7. The molecule has 190 valence electrons. The third-order valence-electron chi connectivity index (χ3n) is 5.83. The van der Waals surface area contributed by atoms with E-state index in [1.54, 1.807) is 18.2 Å². The Morgan fingerprint density at radius 2 is 1.89 bits per heavy atom. The maximum atomic E-state index is 14.5. The van der Waals surface area contributed by atoms with Gasteiger partial charge in [-0.1, -0.05) is 6.07 Å². The predicted molar refractivity (Wildman–Crippen MR) is 135 cm³/mol. The number of benzene rings is 2. The van der Waals surface area contributed by atoms with Crippen LogP contribution in [0.2, 0.25) is 0 Å². The molecule has 7 nitrogen and oxygen atoms in total. The Balaban J connectivity index is 1.69. The number of H-pyrrole nitrogens is 1. The maximum Gasteiger partial charge on any atom is 0.419 e. The number of rotatable bonds is 8. The highest BCUT2D eigenvalue weighted by molar-refractivity contribution is 5.96. The molecule has 0 aliphatic carbocycles. The fourth-order valence-electron chi connectivity index (χ4n) is 4.00. The molecule has 0 saturated heterocycles. The zero-order valence-corrected chi connectivity index (χ0v) is 20.1. The fraction of sp³-hybridized carbons (Fsp3) is 0.280. The van der Waals surface area contributed by atoms with Gasteiger partial charge >= 0.3 is 6.18 Å². The first-order chi connectivity index (χ1) is 17.1. The van der Waals surface area contributed by atoms with E-state index in [4.69, 9.17) is 5.73 Å². The van der Waals surface area contributed by atoms with Gasteiger partial charge in [0.1, 0.15) is 11.4 Å². The summed E-state index contributed by atoms with van der Waals surface area (Å²) in [5.41, 5.74) is 7.03. The topological polar surface area (TPSA) is 86.1 Å². The first-order valence-corrected chi connectivity index (χ1v) is 11.3. The normalized spacial score (nSPS) is 11.9. The summed E-state index contributed by atoms with van der Waals surface area (Å²) in [7, 11) is 3.99. The summed E-state index contributed by atoms with van der Waals surface area (Å²) in [5.74, 6) is -0.723. The van der Waals surface area contributed by atoms with Crippen molar-refractivity contribution in [2.45, 2.75) is 13.1 Å². The number of likely N-dealkylation sites (N-methyl/N-ethyl adjacent to an activating group) is 2. The smallest absolute Gasteiger partial charge is 0.397 e. The number of halogens is 4. The van der Waals surface area contributed by atoms with Crippen molar-refractivity contribution in [1.82, 2.24) is 19.9 Å². The molecule has 4 rings (SSSR count). The standard InChI is InChI=1S/C25H27F4N7/c1-4-36(11-10-35(2)3)21-9-8-15(12-19(21)30)33-24-32-14-17(25(27,28)29)23(34-24)16-13-31-20-7-5-6-18(26)22(16)20/h5-9,12-14,31H,4,10-11,30H2,1-3H3,(H,32,33,34). The molecule has 0 bridgehead atoms. The zero-order valence-electron chi connectivity index (χ0n) is 20.1. The molecule has 0 fully saturated rings. The average molecular weight is 502 g/mol. The Morgan fingerprint density at radius 1 is 1.11 bits per heavy atom. The van der Waals surface area contributed by atoms with Crippen molar-refractivity contribution in [1.29, 1.82) is 0 Å². The number of fused-ring (bicyclic) bond motifs is 1. The molecule has 4 N–H and O–H groups in total. The van der Waals surface area contributed by atoms with Crippen molar-refractivity contribution >= 4 is 33.9 Å². The van der Waals surface area contributed by atoms with Gasteiger partial charge in [0.25, 0.3) is 0 Å². The van der Waals surface area contributed by atoms with Gasteiger partial charge in [-0.2, -0.15) is 13.2 Å². The Bertz CT molecular complexity index is 1360. The van der Waals surface area contributed by atoms with Crippen molar-refractivity contribution in [3.8, 4) is 11.3 Å². The number of hydrogen-bond acceptors (Lipinski definition) is 6. The number of aromatic nitrogens is 3. The van der Waals surface area contributed by atoms with E-state index in [1.807, 2.05) is 27.1 Å². The third-order valence-corrected chi connectivity index (χ3v) is 5.83. The van der Waals surface area contributed by atoms with Crippen LogP contribution in [0.3, 0.4) is 0 Å². The van der Waals surface area contributed by atoms with E-state index in [0.717, 1.165) is 25.3 Å². The zero-order chi connectivity index (χ0) is 26.0. The van der Waals surface area contributed by atoms with Crippen LogP contribution in [-0.4, -0.2) is 53.6 Å². The summed E-state index contributed by atoms with van der Waals surface area (Å²) in [6, 6.07) is 9.53. The predicted octanol–water partition coefficient (Wildman–Crippen LogP) is 5.50. The number of alkyl halides is 3. The molecule has 0 amide bonds. The first-order valence-electron chi connectivity index (χ1n) is 11.3. The number of hydrogen-bond donors (Lipinski definition) is 3. The molecule has 0 atom stereocenters. The highest BCUT2D eigenvalue weighted by Crippen LogP contribution is 2.39. The molecule has 2 aromatic carbocycles. The lowest BCUT2D eigenvalue weighted by Gasteiger charge is -2.26. The number of nitrogen functional groups attached to an aromatic ring is 1. The van der Waals surface area contributed by atoms with Gasteiger partial charge in [-0.25, -0.2) is 14.4 Å². The number of nitrogens with two attached hydrogens (primary N) is 1. The van der Waals surface area contributed by atoms with Crippen molar-refractivity contribution in [3.05, 3.63) is 60.2 Å². The van der Waals surface area contributed by atoms with Crippen LogP contribution in [0.15, 0.2) is 48.8 Å². The number of aromatic amines is 1. The Hall–Kier alpha value is -3.86. The van der Waals surface area contributed by atoms with Crippen molar-refractivity contribution in [3.63, 3.8) is 0 Å². The van der Waals surface area contributed by atoms with Gasteiger partial charge in [-0.3, -0.25) is 0 Å². The second kappa shape index (κ2) is 10.0. The van der Waals surface area contributed by atoms with Gasteiger partial charge in [0.15, 0.2) is 0 Å². The first kappa shape index (κ1) is 25.2. The summed E-state index contributed by atoms with van der Waals surface area (Å²) in [5, 5.41) is 2.95. The van der Waals surface area contributed by atoms with Crippen LogP contribution in [0.5, 0.6) is 0 Å². The molecule has 0 radical (unpaired) electrons. The fourth-order valence-corrected chi connectivity index (χ4v) is 4.00. The molecule has 4 aromatic rings. The SMILES string of the molecule is CCN(CCN(C)C)c1ccc(Nc2ncc(C(F)(F)F)c(-c3c[nH]c4cccc(F)c34)n2)cc1N. The van der Waals surface area contributed by atoms with Crippen LogP contribution in [0.4, 0.5) is 40.6 Å². The molecule has 11 heteroatoms. The summed E-state index contributed by atoms with van der Waals surface area (Å²) in [4.78, 5) is 15.0. The van der Waals surface area contributed by atoms with Crippen molar-refractivity contribution in [2.24, 2.45) is 0 Å². The second-order valence-electron chi connectivity index (χ2n) is 8.60. The van der Waals surface area contributed by atoms with E-state index in [-0.39, 0.29) is 16.9 Å². The highest BCUT2D eigenvalue weighted by atomic mass is 19.4. The van der Waals surface area contributed by atoms with Gasteiger partial charge < -0.3 is 25.8 Å². The number of anilines is 4. The largest absolute Gasteiger partial charge is 0.419 e. The minimum absolute atomic E-state index is 0.00443. The lowest BCUT2D eigenvalue weighted by molar-refractivity contribution is -0.137. The summed E-state index contributed by atoms with van der Waals surface area (Å²) < 4.78 is 55.9. The lowest BCUT2D eigenvalue weighted by Crippen LogP contribution is -2.32. The molecule has 36 heavy (non-hydrogen) atoms. The molecule has 0 unspecified atom stereocenters. The van der Waals surface area contributed by atoms with E-state index >= 15 is 0 Å².